The van der Waals surface area contributed by atoms with E-state index in [1.54, 1.807) is 36.4 Å². The molecule has 146 valence electrons. The number of ether oxygens (including phenoxy) is 2. The van der Waals surface area contributed by atoms with Crippen molar-refractivity contribution in [3.8, 4) is 11.5 Å². The van der Waals surface area contributed by atoms with Crippen LogP contribution in [0.3, 0.4) is 0 Å². The van der Waals surface area contributed by atoms with Crippen LogP contribution in [-0.2, 0) is 19.1 Å². The second kappa shape index (κ2) is 9.86. The van der Waals surface area contributed by atoms with Gasteiger partial charge < -0.3 is 19.7 Å². The van der Waals surface area contributed by atoms with Crippen LogP contribution in [0, 0.1) is 0 Å². The highest BCUT2D eigenvalue weighted by Crippen LogP contribution is 2.17. The molecule has 8 nitrogen and oxygen atoms in total. The lowest BCUT2D eigenvalue weighted by Crippen LogP contribution is -2.39. The number of carbonyl (C=O) groups is 2. The largest absolute Gasteiger partial charge is 0.507 e. The van der Waals surface area contributed by atoms with Crippen LogP contribution in [-0.4, -0.2) is 60.9 Å². The van der Waals surface area contributed by atoms with Gasteiger partial charge in [0.05, 0.1) is 14.2 Å². The van der Waals surface area contributed by atoms with Gasteiger partial charge in [-0.3, -0.25) is 9.98 Å². The highest BCUT2D eigenvalue weighted by Gasteiger charge is 2.34. The number of phenols is 2. The average Bonchev–Trinajstić information content (AvgIpc) is 2.71. The standard InChI is InChI=1S/C20H20N2O6/c1-27-19(25)17(21-11-13-7-3-5-9-15(13)23)18(20(26)28-2)22-12-14-8-4-6-10-16(14)24/h3-12,17-18,23-24H,1-2H3. The highest BCUT2D eigenvalue weighted by molar-refractivity contribution is 5.93. The summed E-state index contributed by atoms with van der Waals surface area (Å²) in [7, 11) is 2.32. The molecule has 0 aliphatic rings. The summed E-state index contributed by atoms with van der Waals surface area (Å²) in [5.41, 5.74) is 0.703. The number of hydrogen-bond donors (Lipinski definition) is 2. The van der Waals surface area contributed by atoms with Crippen molar-refractivity contribution in [2.75, 3.05) is 14.2 Å². The van der Waals surface area contributed by atoms with Crippen LogP contribution in [0.25, 0.3) is 0 Å². The molecule has 2 N–H and O–H groups in total. The second-order valence-electron chi connectivity index (χ2n) is 5.61. The Kier molecular flexibility index (Phi) is 7.27. The van der Waals surface area contributed by atoms with Gasteiger partial charge in [-0.25, -0.2) is 9.59 Å². The minimum absolute atomic E-state index is 0.0396. The SMILES string of the molecule is COC(=O)C(N=Cc1ccccc1O)C(N=Cc1ccccc1O)C(=O)OC. The summed E-state index contributed by atoms with van der Waals surface area (Å²) in [6.07, 6.45) is 2.50. The predicted octanol–water partition coefficient (Wildman–Crippen LogP) is 1.72. The van der Waals surface area contributed by atoms with Crippen LogP contribution in [0.2, 0.25) is 0 Å². The molecule has 2 aromatic rings. The summed E-state index contributed by atoms with van der Waals surface area (Å²) in [4.78, 5) is 32.6. The molecule has 0 fully saturated rings. The van der Waals surface area contributed by atoms with Gasteiger partial charge in [-0.1, -0.05) is 24.3 Å². The number of nitrogens with zero attached hydrogens (tertiary/aromatic N) is 2. The van der Waals surface area contributed by atoms with Crippen molar-refractivity contribution < 1.29 is 29.3 Å². The number of rotatable bonds is 7. The lowest BCUT2D eigenvalue weighted by atomic mass is 10.1. The monoisotopic (exact) mass is 384 g/mol. The predicted molar refractivity (Wildman–Crippen MR) is 103 cm³/mol. The molecule has 0 saturated heterocycles. The normalized spacial score (nSPS) is 13.4. The summed E-state index contributed by atoms with van der Waals surface area (Å²) in [6.45, 7) is 0. The minimum Gasteiger partial charge on any atom is -0.507 e. The molecule has 0 aromatic heterocycles. The average molecular weight is 384 g/mol. The lowest BCUT2D eigenvalue weighted by molar-refractivity contribution is -0.149. The molecular formula is C20H20N2O6. The van der Waals surface area contributed by atoms with Crippen LogP contribution in [0.5, 0.6) is 11.5 Å². The second-order valence-corrected chi connectivity index (χ2v) is 5.61. The molecule has 2 rings (SSSR count). The lowest BCUT2D eigenvalue weighted by Gasteiger charge is -2.16. The summed E-state index contributed by atoms with van der Waals surface area (Å²) in [6, 6.07) is 10.0. The summed E-state index contributed by atoms with van der Waals surface area (Å²) < 4.78 is 9.47. The third-order valence-corrected chi connectivity index (χ3v) is 3.81. The summed E-state index contributed by atoms with van der Waals surface area (Å²) in [5.74, 6) is -1.70. The van der Waals surface area contributed by atoms with Crippen molar-refractivity contribution in [1.82, 2.24) is 0 Å². The van der Waals surface area contributed by atoms with Crippen LogP contribution in [0.15, 0.2) is 58.5 Å². The van der Waals surface area contributed by atoms with Crippen molar-refractivity contribution >= 4 is 24.4 Å². The van der Waals surface area contributed by atoms with Gasteiger partial charge in [-0.2, -0.15) is 0 Å². The van der Waals surface area contributed by atoms with E-state index in [-0.39, 0.29) is 11.5 Å². The zero-order valence-electron chi connectivity index (χ0n) is 15.4. The number of aliphatic imine (C=N–C) groups is 2. The zero-order valence-corrected chi connectivity index (χ0v) is 15.4. The molecular weight excluding hydrogens is 364 g/mol. The maximum absolute atomic E-state index is 12.2. The fourth-order valence-corrected chi connectivity index (χ4v) is 2.30. The molecule has 28 heavy (non-hydrogen) atoms. The molecule has 0 radical (unpaired) electrons. The fourth-order valence-electron chi connectivity index (χ4n) is 2.30. The topological polar surface area (TPSA) is 118 Å². The first-order chi connectivity index (χ1) is 13.5. The van der Waals surface area contributed by atoms with Crippen molar-refractivity contribution in [1.29, 1.82) is 0 Å². The highest BCUT2D eigenvalue weighted by atomic mass is 16.5. The van der Waals surface area contributed by atoms with E-state index in [0.29, 0.717) is 11.1 Å². The Balaban J connectivity index is 2.40. The van der Waals surface area contributed by atoms with Gasteiger partial charge in [-0.15, -0.1) is 0 Å². The Morgan fingerprint density at radius 3 is 1.46 bits per heavy atom. The molecule has 0 bridgehead atoms. The quantitative estimate of drug-likeness (QED) is 0.554. The molecule has 0 spiro atoms. The Bertz CT molecular complexity index is 820. The van der Waals surface area contributed by atoms with Crippen LogP contribution in [0.4, 0.5) is 0 Å². The third-order valence-electron chi connectivity index (χ3n) is 3.81. The first kappa shape index (κ1) is 20.6. The third kappa shape index (κ3) is 5.16. The maximum Gasteiger partial charge on any atom is 0.333 e. The number of esters is 2. The molecule has 0 amide bonds. The summed E-state index contributed by atoms with van der Waals surface area (Å²) >= 11 is 0. The van der Waals surface area contributed by atoms with E-state index in [4.69, 9.17) is 9.47 Å². The van der Waals surface area contributed by atoms with E-state index in [2.05, 4.69) is 9.98 Å². The Morgan fingerprint density at radius 1 is 0.786 bits per heavy atom. The molecule has 0 saturated carbocycles. The number of aromatic hydroxyl groups is 2. The Labute approximate surface area is 161 Å². The molecule has 2 atom stereocenters. The smallest absolute Gasteiger partial charge is 0.333 e. The first-order valence-corrected chi connectivity index (χ1v) is 8.26. The zero-order chi connectivity index (χ0) is 20.5. The molecule has 0 aliphatic carbocycles. The maximum atomic E-state index is 12.2. The van der Waals surface area contributed by atoms with Crippen molar-refractivity contribution in [2.45, 2.75) is 12.1 Å². The van der Waals surface area contributed by atoms with Crippen LogP contribution < -0.4 is 0 Å². The van der Waals surface area contributed by atoms with Gasteiger partial charge in [0.25, 0.3) is 0 Å². The number of benzene rings is 2. The Morgan fingerprint density at radius 2 is 1.14 bits per heavy atom. The van der Waals surface area contributed by atoms with Gasteiger partial charge in [0, 0.05) is 23.6 Å². The molecule has 8 heteroatoms. The van der Waals surface area contributed by atoms with Crippen LogP contribution >= 0.6 is 0 Å². The number of para-hydroxylation sites is 2. The van der Waals surface area contributed by atoms with E-state index in [0.717, 1.165) is 14.2 Å². The van der Waals surface area contributed by atoms with E-state index in [1.165, 1.54) is 24.6 Å². The minimum atomic E-state index is -1.35. The Hall–Kier alpha value is -3.68. The van der Waals surface area contributed by atoms with E-state index < -0.39 is 24.0 Å². The summed E-state index contributed by atoms with van der Waals surface area (Å²) in [5, 5.41) is 19.7. The molecule has 0 aliphatic heterocycles. The van der Waals surface area contributed by atoms with Crippen LogP contribution in [0.1, 0.15) is 11.1 Å². The van der Waals surface area contributed by atoms with E-state index >= 15 is 0 Å². The van der Waals surface area contributed by atoms with Crippen molar-refractivity contribution in [3.63, 3.8) is 0 Å². The number of methoxy groups -OCH3 is 2. The number of phenolic OH excluding ortho intramolecular Hbond substituents is 2. The van der Waals surface area contributed by atoms with E-state index in [1.807, 2.05) is 0 Å². The number of hydrogen-bond acceptors (Lipinski definition) is 8. The van der Waals surface area contributed by atoms with Gasteiger partial charge in [-0.05, 0) is 24.3 Å². The van der Waals surface area contributed by atoms with Crippen molar-refractivity contribution in [3.05, 3.63) is 59.7 Å². The van der Waals surface area contributed by atoms with E-state index in [9.17, 15) is 19.8 Å². The van der Waals surface area contributed by atoms with Crippen molar-refractivity contribution in [2.24, 2.45) is 9.98 Å². The molecule has 0 heterocycles. The van der Waals surface area contributed by atoms with Gasteiger partial charge in [0.15, 0.2) is 12.1 Å². The van der Waals surface area contributed by atoms with Gasteiger partial charge >= 0.3 is 11.9 Å². The number of carbonyl (C=O) groups excluding carboxylic acids is 2. The molecule has 2 unspecified atom stereocenters. The fraction of sp³-hybridized carbons (Fsp3) is 0.200. The molecule has 2 aromatic carbocycles. The van der Waals surface area contributed by atoms with Gasteiger partial charge in [0.2, 0.25) is 0 Å². The first-order valence-electron chi connectivity index (χ1n) is 8.26. The van der Waals surface area contributed by atoms with Gasteiger partial charge in [0.1, 0.15) is 11.5 Å².